The van der Waals surface area contributed by atoms with E-state index in [0.29, 0.717) is 32.9 Å². The molecule has 0 unspecified atom stereocenters. The van der Waals surface area contributed by atoms with Gasteiger partial charge in [0.2, 0.25) is 0 Å². The minimum atomic E-state index is 0.343. The molecule has 6 fully saturated rings. The maximum atomic E-state index is 7.24. The van der Waals surface area contributed by atoms with Gasteiger partial charge in [0, 0.05) is 10.8 Å². The van der Waals surface area contributed by atoms with E-state index in [1.807, 2.05) is 0 Å². The van der Waals surface area contributed by atoms with E-state index in [1.54, 1.807) is 0 Å². The number of hydrogen-bond donors (Lipinski definition) is 0. The third-order valence-electron chi connectivity index (χ3n) is 9.35. The Kier molecular flexibility index (Phi) is 1.77. The van der Waals surface area contributed by atoms with Crippen molar-refractivity contribution in [3.05, 3.63) is 0 Å². The molecule has 0 spiro atoms. The summed E-state index contributed by atoms with van der Waals surface area (Å²) < 4.78 is 7.24. The molecule has 0 amide bonds. The summed E-state index contributed by atoms with van der Waals surface area (Å²) in [5.74, 6) is 0. The van der Waals surface area contributed by atoms with Crippen LogP contribution in [-0.2, 0) is 4.74 Å². The molecule has 0 N–H and O–H groups in total. The molecular formula is C20H30O. The van der Waals surface area contributed by atoms with Crippen LogP contribution in [0.15, 0.2) is 0 Å². The number of rotatable bonds is 6. The number of hydrogen-bond acceptors (Lipinski definition) is 1. The van der Waals surface area contributed by atoms with Crippen LogP contribution in [0.2, 0.25) is 0 Å². The van der Waals surface area contributed by atoms with Gasteiger partial charge in [-0.15, -0.1) is 0 Å². The molecule has 0 bridgehead atoms. The molecule has 0 aromatic carbocycles. The zero-order valence-corrected chi connectivity index (χ0v) is 13.9. The molecule has 0 saturated heterocycles. The zero-order valence-electron chi connectivity index (χ0n) is 13.9. The third kappa shape index (κ3) is 1.24. The largest absolute Gasteiger partial charge is 0.367 e. The second kappa shape index (κ2) is 2.99. The lowest BCUT2D eigenvalue weighted by molar-refractivity contribution is -0.144. The molecule has 6 saturated carbocycles. The van der Waals surface area contributed by atoms with Crippen molar-refractivity contribution in [3.63, 3.8) is 0 Å². The second-order valence-corrected chi connectivity index (χ2v) is 10.4. The van der Waals surface area contributed by atoms with Gasteiger partial charge < -0.3 is 4.74 Å². The summed E-state index contributed by atoms with van der Waals surface area (Å²) in [6.07, 6.45) is 17.4. The second-order valence-electron chi connectivity index (χ2n) is 10.4. The standard InChI is InChI=1S/C20H30O/c1-15(3-4-15)17(7-8-17)19(11-12-19)21-20(13-14-20)18(9-10-18)16(2)5-6-16/h3-14H2,1-2H3. The monoisotopic (exact) mass is 286 g/mol. The van der Waals surface area contributed by atoms with Crippen molar-refractivity contribution >= 4 is 0 Å². The summed E-state index contributed by atoms with van der Waals surface area (Å²) in [6.45, 7) is 5.14. The average molecular weight is 286 g/mol. The van der Waals surface area contributed by atoms with Crippen LogP contribution in [0.3, 0.4) is 0 Å². The molecule has 0 aromatic heterocycles. The van der Waals surface area contributed by atoms with E-state index >= 15 is 0 Å². The molecule has 0 atom stereocenters. The average Bonchev–Trinajstić information content (AvgIpc) is 3.20. The van der Waals surface area contributed by atoms with Gasteiger partial charge in [0.05, 0.1) is 11.2 Å². The lowest BCUT2D eigenvalue weighted by atomic mass is 9.77. The lowest BCUT2D eigenvalue weighted by Gasteiger charge is -2.41. The van der Waals surface area contributed by atoms with E-state index in [9.17, 15) is 0 Å². The van der Waals surface area contributed by atoms with Crippen molar-refractivity contribution in [2.75, 3.05) is 0 Å². The molecule has 0 heterocycles. The van der Waals surface area contributed by atoms with Gasteiger partial charge in [-0.1, -0.05) is 13.8 Å². The highest BCUT2D eigenvalue weighted by Gasteiger charge is 2.82. The Hall–Kier alpha value is -0.0400. The fraction of sp³-hybridized carbons (Fsp3) is 1.00. The Balaban J connectivity index is 1.32. The fourth-order valence-corrected chi connectivity index (χ4v) is 6.76. The first-order chi connectivity index (χ1) is 9.95. The van der Waals surface area contributed by atoms with Gasteiger partial charge in [-0.25, -0.2) is 0 Å². The van der Waals surface area contributed by atoms with E-state index in [4.69, 9.17) is 4.74 Å². The minimum Gasteiger partial charge on any atom is -0.367 e. The highest BCUT2D eigenvalue weighted by Crippen LogP contribution is 2.85. The van der Waals surface area contributed by atoms with Crippen LogP contribution in [-0.4, -0.2) is 11.2 Å². The van der Waals surface area contributed by atoms with E-state index in [1.165, 1.54) is 77.0 Å². The molecular weight excluding hydrogens is 256 g/mol. The van der Waals surface area contributed by atoms with Crippen molar-refractivity contribution in [2.24, 2.45) is 21.7 Å². The van der Waals surface area contributed by atoms with Gasteiger partial charge in [-0.2, -0.15) is 0 Å². The minimum absolute atomic E-state index is 0.343. The normalized spacial score (nSPS) is 42.0. The van der Waals surface area contributed by atoms with Gasteiger partial charge >= 0.3 is 0 Å². The molecule has 6 aliphatic carbocycles. The van der Waals surface area contributed by atoms with Crippen LogP contribution in [0.4, 0.5) is 0 Å². The molecule has 21 heavy (non-hydrogen) atoms. The predicted octanol–water partition coefficient (Wildman–Crippen LogP) is 5.23. The molecule has 6 aliphatic rings. The molecule has 1 nitrogen and oxygen atoms in total. The van der Waals surface area contributed by atoms with Crippen LogP contribution in [0, 0.1) is 21.7 Å². The van der Waals surface area contributed by atoms with Crippen LogP contribution >= 0.6 is 0 Å². The maximum absolute atomic E-state index is 7.24. The molecule has 6 rings (SSSR count). The summed E-state index contributed by atoms with van der Waals surface area (Å²) in [4.78, 5) is 0. The van der Waals surface area contributed by atoms with E-state index in [0.717, 1.165) is 0 Å². The van der Waals surface area contributed by atoms with Crippen molar-refractivity contribution in [2.45, 2.75) is 102 Å². The zero-order chi connectivity index (χ0) is 14.2. The molecule has 0 aliphatic heterocycles. The van der Waals surface area contributed by atoms with Crippen LogP contribution in [0.1, 0.15) is 90.9 Å². The molecule has 1 heteroatoms. The Morgan fingerprint density at radius 3 is 1.00 bits per heavy atom. The highest BCUT2D eigenvalue weighted by atomic mass is 16.5. The fourth-order valence-electron chi connectivity index (χ4n) is 6.76. The first kappa shape index (κ1) is 12.4. The Morgan fingerprint density at radius 1 is 0.476 bits per heavy atom. The smallest absolute Gasteiger partial charge is 0.0753 e. The molecule has 0 radical (unpaired) electrons. The first-order valence-electron chi connectivity index (χ1n) is 9.65. The quantitative estimate of drug-likeness (QED) is 0.649. The summed E-state index contributed by atoms with van der Waals surface area (Å²) in [5, 5.41) is 0. The summed E-state index contributed by atoms with van der Waals surface area (Å²) in [7, 11) is 0. The topological polar surface area (TPSA) is 9.23 Å². The van der Waals surface area contributed by atoms with Crippen LogP contribution < -0.4 is 0 Å². The third-order valence-corrected chi connectivity index (χ3v) is 9.35. The van der Waals surface area contributed by atoms with E-state index in [2.05, 4.69) is 13.8 Å². The highest BCUT2D eigenvalue weighted by molar-refractivity contribution is 5.31. The molecule has 0 aromatic rings. The summed E-state index contributed by atoms with van der Waals surface area (Å²) in [6, 6.07) is 0. The van der Waals surface area contributed by atoms with Gasteiger partial charge in [0.1, 0.15) is 0 Å². The Morgan fingerprint density at radius 2 is 0.810 bits per heavy atom. The van der Waals surface area contributed by atoms with Gasteiger partial charge in [-0.05, 0) is 87.9 Å². The maximum Gasteiger partial charge on any atom is 0.0753 e. The summed E-state index contributed by atoms with van der Waals surface area (Å²) >= 11 is 0. The van der Waals surface area contributed by atoms with Gasteiger partial charge in [-0.3, -0.25) is 0 Å². The Bertz CT molecular complexity index is 472. The van der Waals surface area contributed by atoms with Gasteiger partial charge in [0.15, 0.2) is 0 Å². The van der Waals surface area contributed by atoms with Crippen LogP contribution in [0.5, 0.6) is 0 Å². The predicted molar refractivity (Wildman–Crippen MR) is 83.0 cm³/mol. The van der Waals surface area contributed by atoms with Crippen molar-refractivity contribution in [1.29, 1.82) is 0 Å². The van der Waals surface area contributed by atoms with Crippen molar-refractivity contribution in [3.8, 4) is 0 Å². The SMILES string of the molecule is CC1(C2(C3(OC4(C5(C6(C)CC6)CC5)CC4)CC3)CC2)CC1. The van der Waals surface area contributed by atoms with Crippen LogP contribution in [0.25, 0.3) is 0 Å². The number of ether oxygens (including phenoxy) is 1. The van der Waals surface area contributed by atoms with Crippen molar-refractivity contribution in [1.82, 2.24) is 0 Å². The van der Waals surface area contributed by atoms with Gasteiger partial charge in [0.25, 0.3) is 0 Å². The Labute approximate surface area is 129 Å². The molecule has 116 valence electrons. The lowest BCUT2D eigenvalue weighted by Crippen LogP contribution is -2.44. The van der Waals surface area contributed by atoms with E-state index in [-0.39, 0.29) is 0 Å². The van der Waals surface area contributed by atoms with Crippen molar-refractivity contribution < 1.29 is 4.74 Å². The summed E-state index contributed by atoms with van der Waals surface area (Å²) in [5.41, 5.74) is 3.26. The first-order valence-corrected chi connectivity index (χ1v) is 9.65. The van der Waals surface area contributed by atoms with E-state index < -0.39 is 0 Å².